The summed E-state index contributed by atoms with van der Waals surface area (Å²) in [5.74, 6) is 0.885. The van der Waals surface area contributed by atoms with Crippen molar-refractivity contribution < 1.29 is 4.74 Å². The summed E-state index contributed by atoms with van der Waals surface area (Å²) in [6.07, 6.45) is 0.948. The standard InChI is InChI=1S/C17H21NO/c1-3-17(18)14-8-10-16(11-9-14)19-12-15-7-5-4-6-13(15)2/h4-11,17H,3,12,18H2,1-2H3/t17-/m0/s1. The monoisotopic (exact) mass is 255 g/mol. The van der Waals surface area contributed by atoms with E-state index in [-0.39, 0.29) is 6.04 Å². The Bertz CT molecular complexity index is 519. The van der Waals surface area contributed by atoms with Crippen LogP contribution in [0.3, 0.4) is 0 Å². The maximum atomic E-state index is 5.99. The molecule has 0 aliphatic heterocycles. The second-order valence-corrected chi connectivity index (χ2v) is 4.80. The van der Waals surface area contributed by atoms with E-state index in [2.05, 4.69) is 26.0 Å². The molecule has 0 saturated heterocycles. The van der Waals surface area contributed by atoms with Gasteiger partial charge in [-0.2, -0.15) is 0 Å². The quantitative estimate of drug-likeness (QED) is 0.877. The second-order valence-electron chi connectivity index (χ2n) is 4.80. The largest absolute Gasteiger partial charge is 0.489 e. The second kappa shape index (κ2) is 6.39. The minimum Gasteiger partial charge on any atom is -0.489 e. The molecule has 0 spiro atoms. The van der Waals surface area contributed by atoms with Crippen molar-refractivity contribution in [1.82, 2.24) is 0 Å². The van der Waals surface area contributed by atoms with Crippen LogP contribution in [0.1, 0.15) is 36.1 Å². The van der Waals surface area contributed by atoms with Gasteiger partial charge in [-0.1, -0.05) is 43.3 Å². The number of aryl methyl sites for hydroxylation is 1. The van der Waals surface area contributed by atoms with Crippen LogP contribution in [0.2, 0.25) is 0 Å². The molecule has 2 N–H and O–H groups in total. The Morgan fingerprint density at radius 2 is 1.74 bits per heavy atom. The Kier molecular flexibility index (Phi) is 4.58. The van der Waals surface area contributed by atoms with Gasteiger partial charge in [-0.05, 0) is 42.2 Å². The third-order valence-electron chi connectivity index (χ3n) is 3.40. The van der Waals surface area contributed by atoms with E-state index in [4.69, 9.17) is 10.5 Å². The highest BCUT2D eigenvalue weighted by Gasteiger charge is 2.03. The van der Waals surface area contributed by atoms with Crippen LogP contribution in [0.15, 0.2) is 48.5 Å². The molecule has 0 saturated carbocycles. The molecule has 0 aliphatic rings. The predicted octanol–water partition coefficient (Wildman–Crippen LogP) is 3.98. The smallest absolute Gasteiger partial charge is 0.119 e. The summed E-state index contributed by atoms with van der Waals surface area (Å²) < 4.78 is 5.80. The fourth-order valence-corrected chi connectivity index (χ4v) is 1.98. The molecule has 100 valence electrons. The number of ether oxygens (including phenoxy) is 1. The summed E-state index contributed by atoms with van der Waals surface area (Å²) >= 11 is 0. The van der Waals surface area contributed by atoms with Gasteiger partial charge in [0.15, 0.2) is 0 Å². The fraction of sp³-hybridized carbons (Fsp3) is 0.294. The molecule has 0 unspecified atom stereocenters. The van der Waals surface area contributed by atoms with Gasteiger partial charge in [-0.25, -0.2) is 0 Å². The van der Waals surface area contributed by atoms with Crippen LogP contribution in [0.5, 0.6) is 5.75 Å². The summed E-state index contributed by atoms with van der Waals surface area (Å²) in [6, 6.07) is 16.5. The maximum absolute atomic E-state index is 5.99. The molecule has 19 heavy (non-hydrogen) atoms. The molecular formula is C17H21NO. The van der Waals surface area contributed by atoms with Crippen LogP contribution in [0, 0.1) is 6.92 Å². The van der Waals surface area contributed by atoms with E-state index in [1.54, 1.807) is 0 Å². The molecule has 2 rings (SSSR count). The molecule has 0 aliphatic carbocycles. The Hall–Kier alpha value is -1.80. The van der Waals surface area contributed by atoms with Crippen molar-refractivity contribution in [3.63, 3.8) is 0 Å². The summed E-state index contributed by atoms with van der Waals surface area (Å²) in [5.41, 5.74) is 9.62. The molecule has 0 radical (unpaired) electrons. The zero-order valence-electron chi connectivity index (χ0n) is 11.6. The van der Waals surface area contributed by atoms with Crippen molar-refractivity contribution in [3.8, 4) is 5.75 Å². The predicted molar refractivity (Wildman–Crippen MR) is 79.2 cm³/mol. The molecule has 0 fully saturated rings. The zero-order valence-corrected chi connectivity index (χ0v) is 11.6. The Morgan fingerprint density at radius 1 is 1.05 bits per heavy atom. The van der Waals surface area contributed by atoms with Crippen molar-refractivity contribution in [2.24, 2.45) is 5.73 Å². The summed E-state index contributed by atoms with van der Waals surface area (Å²) in [4.78, 5) is 0. The third-order valence-corrected chi connectivity index (χ3v) is 3.40. The first-order valence-corrected chi connectivity index (χ1v) is 6.73. The Labute approximate surface area is 115 Å². The summed E-state index contributed by atoms with van der Waals surface area (Å²) in [6.45, 7) is 4.79. The van der Waals surface area contributed by atoms with Gasteiger partial charge in [0.25, 0.3) is 0 Å². The Balaban J connectivity index is 1.99. The van der Waals surface area contributed by atoms with Gasteiger partial charge in [0.1, 0.15) is 12.4 Å². The van der Waals surface area contributed by atoms with Crippen LogP contribution < -0.4 is 10.5 Å². The minimum absolute atomic E-state index is 0.116. The van der Waals surface area contributed by atoms with Crippen molar-refractivity contribution in [1.29, 1.82) is 0 Å². The first kappa shape index (κ1) is 13.6. The number of rotatable bonds is 5. The van der Waals surface area contributed by atoms with Crippen LogP contribution >= 0.6 is 0 Å². The van der Waals surface area contributed by atoms with Crippen molar-refractivity contribution in [3.05, 3.63) is 65.2 Å². The van der Waals surface area contributed by atoms with E-state index in [0.717, 1.165) is 17.7 Å². The maximum Gasteiger partial charge on any atom is 0.119 e. The van der Waals surface area contributed by atoms with Crippen molar-refractivity contribution in [2.75, 3.05) is 0 Å². The zero-order chi connectivity index (χ0) is 13.7. The minimum atomic E-state index is 0.116. The number of hydrogen-bond donors (Lipinski definition) is 1. The Morgan fingerprint density at radius 3 is 2.37 bits per heavy atom. The van der Waals surface area contributed by atoms with E-state index in [1.807, 2.05) is 36.4 Å². The summed E-state index contributed by atoms with van der Waals surface area (Å²) in [5, 5.41) is 0. The van der Waals surface area contributed by atoms with Gasteiger partial charge in [-0.15, -0.1) is 0 Å². The van der Waals surface area contributed by atoms with Crippen molar-refractivity contribution in [2.45, 2.75) is 32.9 Å². The average Bonchev–Trinajstić information content (AvgIpc) is 2.46. The van der Waals surface area contributed by atoms with Crippen LogP contribution in [0.25, 0.3) is 0 Å². The third kappa shape index (κ3) is 3.58. The normalized spacial score (nSPS) is 12.2. The highest BCUT2D eigenvalue weighted by molar-refractivity contribution is 5.30. The van der Waals surface area contributed by atoms with Crippen LogP contribution in [-0.2, 0) is 6.61 Å². The highest BCUT2D eigenvalue weighted by atomic mass is 16.5. The van der Waals surface area contributed by atoms with Gasteiger partial charge in [-0.3, -0.25) is 0 Å². The lowest BCUT2D eigenvalue weighted by atomic mass is 10.1. The number of hydrogen-bond acceptors (Lipinski definition) is 2. The van der Waals surface area contributed by atoms with Gasteiger partial charge in [0.2, 0.25) is 0 Å². The van der Waals surface area contributed by atoms with E-state index in [1.165, 1.54) is 11.1 Å². The molecule has 2 nitrogen and oxygen atoms in total. The fourth-order valence-electron chi connectivity index (χ4n) is 1.98. The topological polar surface area (TPSA) is 35.2 Å². The molecule has 0 heterocycles. The molecular weight excluding hydrogens is 234 g/mol. The first-order chi connectivity index (χ1) is 9.20. The van der Waals surface area contributed by atoms with Gasteiger partial charge in [0, 0.05) is 6.04 Å². The molecule has 2 heteroatoms. The van der Waals surface area contributed by atoms with Crippen LogP contribution in [0.4, 0.5) is 0 Å². The van der Waals surface area contributed by atoms with E-state index >= 15 is 0 Å². The molecule has 0 bridgehead atoms. The SMILES string of the molecule is CC[C@H](N)c1ccc(OCc2ccccc2C)cc1. The van der Waals surface area contributed by atoms with Crippen molar-refractivity contribution >= 4 is 0 Å². The summed E-state index contributed by atoms with van der Waals surface area (Å²) in [7, 11) is 0. The van der Waals surface area contributed by atoms with Gasteiger partial charge < -0.3 is 10.5 Å². The van der Waals surface area contributed by atoms with E-state index < -0.39 is 0 Å². The van der Waals surface area contributed by atoms with E-state index in [0.29, 0.717) is 6.61 Å². The molecule has 2 aromatic carbocycles. The molecule has 0 amide bonds. The lowest BCUT2D eigenvalue weighted by molar-refractivity contribution is 0.305. The lowest BCUT2D eigenvalue weighted by Gasteiger charge is -2.11. The molecule has 0 aromatic heterocycles. The first-order valence-electron chi connectivity index (χ1n) is 6.73. The lowest BCUT2D eigenvalue weighted by Crippen LogP contribution is -2.08. The average molecular weight is 255 g/mol. The van der Waals surface area contributed by atoms with Gasteiger partial charge >= 0.3 is 0 Å². The molecule has 1 atom stereocenters. The molecule has 2 aromatic rings. The van der Waals surface area contributed by atoms with Gasteiger partial charge in [0.05, 0.1) is 0 Å². The van der Waals surface area contributed by atoms with Crippen LogP contribution in [-0.4, -0.2) is 0 Å². The van der Waals surface area contributed by atoms with E-state index in [9.17, 15) is 0 Å². The highest BCUT2D eigenvalue weighted by Crippen LogP contribution is 2.19. The number of nitrogens with two attached hydrogens (primary N) is 1. The number of benzene rings is 2.